The SMILES string of the molecule is Cc1nn(-c2ccccc2)c2ncc(NC(=O)CO)cc12. The minimum Gasteiger partial charge on any atom is -0.387 e. The van der Waals surface area contributed by atoms with E-state index in [1.807, 2.05) is 37.3 Å². The quantitative estimate of drug-likeness (QED) is 0.765. The minimum absolute atomic E-state index is 0.468. The van der Waals surface area contributed by atoms with Crippen LogP contribution in [0, 0.1) is 6.92 Å². The van der Waals surface area contributed by atoms with E-state index in [1.54, 1.807) is 16.9 Å². The van der Waals surface area contributed by atoms with Crippen molar-refractivity contribution < 1.29 is 9.90 Å². The highest BCUT2D eigenvalue weighted by Crippen LogP contribution is 2.22. The van der Waals surface area contributed by atoms with Gasteiger partial charge in [0.05, 0.1) is 23.3 Å². The van der Waals surface area contributed by atoms with Crippen molar-refractivity contribution in [1.82, 2.24) is 14.8 Å². The Morgan fingerprint density at radius 1 is 1.33 bits per heavy atom. The van der Waals surface area contributed by atoms with Crippen LogP contribution in [0.25, 0.3) is 16.7 Å². The van der Waals surface area contributed by atoms with Crippen LogP contribution in [0.15, 0.2) is 42.6 Å². The van der Waals surface area contributed by atoms with E-state index in [4.69, 9.17) is 5.11 Å². The molecule has 3 rings (SSSR count). The number of nitrogens with one attached hydrogen (secondary N) is 1. The summed E-state index contributed by atoms with van der Waals surface area (Å²) < 4.78 is 1.77. The van der Waals surface area contributed by atoms with Gasteiger partial charge in [-0.3, -0.25) is 4.79 Å². The molecule has 0 saturated carbocycles. The fourth-order valence-corrected chi connectivity index (χ4v) is 2.16. The third-order valence-electron chi connectivity index (χ3n) is 3.14. The van der Waals surface area contributed by atoms with Gasteiger partial charge in [-0.1, -0.05) is 18.2 Å². The Hall–Kier alpha value is -2.73. The van der Waals surface area contributed by atoms with Crippen LogP contribution in [0.4, 0.5) is 5.69 Å². The van der Waals surface area contributed by atoms with Gasteiger partial charge in [-0.2, -0.15) is 5.10 Å². The molecule has 1 amide bonds. The van der Waals surface area contributed by atoms with E-state index in [-0.39, 0.29) is 0 Å². The molecule has 0 fully saturated rings. The van der Waals surface area contributed by atoms with Crippen LogP contribution in [0.1, 0.15) is 5.69 Å². The molecular formula is C15H14N4O2. The number of amides is 1. The lowest BCUT2D eigenvalue weighted by molar-refractivity contribution is -0.118. The van der Waals surface area contributed by atoms with E-state index >= 15 is 0 Å². The first kappa shape index (κ1) is 13.3. The summed E-state index contributed by atoms with van der Waals surface area (Å²) in [5, 5.41) is 16.7. The number of aryl methyl sites for hydroxylation is 1. The molecule has 0 saturated heterocycles. The van der Waals surface area contributed by atoms with Crippen LogP contribution in [-0.4, -0.2) is 32.4 Å². The second-order valence-corrected chi connectivity index (χ2v) is 4.63. The standard InChI is InChI=1S/C15H14N4O2/c1-10-13-7-11(17-14(21)9-20)8-16-15(13)19(18-10)12-5-3-2-4-6-12/h2-8,20H,9H2,1H3,(H,17,21). The Labute approximate surface area is 121 Å². The maximum Gasteiger partial charge on any atom is 0.250 e. The molecule has 6 heteroatoms. The number of pyridine rings is 1. The maximum atomic E-state index is 11.2. The van der Waals surface area contributed by atoms with Crippen molar-refractivity contribution in [2.45, 2.75) is 6.92 Å². The maximum absolute atomic E-state index is 11.2. The summed E-state index contributed by atoms with van der Waals surface area (Å²) in [6.07, 6.45) is 1.55. The summed E-state index contributed by atoms with van der Waals surface area (Å²) >= 11 is 0. The molecule has 0 aliphatic heterocycles. The van der Waals surface area contributed by atoms with Crippen molar-refractivity contribution >= 4 is 22.6 Å². The van der Waals surface area contributed by atoms with Crippen LogP contribution in [0.3, 0.4) is 0 Å². The number of benzene rings is 1. The smallest absolute Gasteiger partial charge is 0.250 e. The van der Waals surface area contributed by atoms with Gasteiger partial charge in [-0.05, 0) is 25.1 Å². The van der Waals surface area contributed by atoms with E-state index in [0.717, 1.165) is 22.4 Å². The molecule has 0 bridgehead atoms. The third kappa shape index (κ3) is 2.48. The van der Waals surface area contributed by atoms with E-state index in [2.05, 4.69) is 15.4 Å². The fourth-order valence-electron chi connectivity index (χ4n) is 2.16. The highest BCUT2D eigenvalue weighted by Gasteiger charge is 2.11. The summed E-state index contributed by atoms with van der Waals surface area (Å²) in [7, 11) is 0. The lowest BCUT2D eigenvalue weighted by Crippen LogP contribution is -2.15. The van der Waals surface area contributed by atoms with Gasteiger partial charge in [0, 0.05) is 5.39 Å². The molecule has 2 heterocycles. The van der Waals surface area contributed by atoms with Gasteiger partial charge in [0.1, 0.15) is 6.61 Å². The molecule has 3 aromatic rings. The van der Waals surface area contributed by atoms with Gasteiger partial charge in [-0.25, -0.2) is 9.67 Å². The highest BCUT2D eigenvalue weighted by atomic mass is 16.3. The molecule has 6 nitrogen and oxygen atoms in total. The molecule has 2 aromatic heterocycles. The fraction of sp³-hybridized carbons (Fsp3) is 0.133. The van der Waals surface area contributed by atoms with Gasteiger partial charge in [0.25, 0.3) is 0 Å². The Bertz CT molecular complexity index is 796. The second kappa shape index (κ2) is 5.34. The zero-order valence-electron chi connectivity index (χ0n) is 11.4. The number of aromatic nitrogens is 3. The molecule has 0 aliphatic rings. The van der Waals surface area contributed by atoms with Crippen LogP contribution in [0.5, 0.6) is 0 Å². The van der Waals surface area contributed by atoms with E-state index in [9.17, 15) is 4.79 Å². The van der Waals surface area contributed by atoms with Crippen LogP contribution >= 0.6 is 0 Å². The van der Waals surface area contributed by atoms with Gasteiger partial charge in [-0.15, -0.1) is 0 Å². The second-order valence-electron chi connectivity index (χ2n) is 4.63. The van der Waals surface area contributed by atoms with Crippen LogP contribution in [0.2, 0.25) is 0 Å². The molecule has 0 radical (unpaired) electrons. The molecule has 1 aromatic carbocycles. The predicted octanol–water partition coefficient (Wildman–Crippen LogP) is 1.66. The van der Waals surface area contributed by atoms with Crippen molar-refractivity contribution in [2.24, 2.45) is 0 Å². The number of fused-ring (bicyclic) bond motifs is 1. The molecule has 2 N–H and O–H groups in total. The zero-order valence-corrected chi connectivity index (χ0v) is 11.4. The van der Waals surface area contributed by atoms with Crippen LogP contribution in [-0.2, 0) is 4.79 Å². The molecule has 0 atom stereocenters. The summed E-state index contributed by atoms with van der Waals surface area (Å²) in [6, 6.07) is 11.5. The number of anilines is 1. The Morgan fingerprint density at radius 2 is 2.10 bits per heavy atom. The minimum atomic E-state index is -0.555. The number of nitrogens with zero attached hydrogens (tertiary/aromatic N) is 3. The number of hydrogen-bond donors (Lipinski definition) is 2. The molecule has 21 heavy (non-hydrogen) atoms. The van der Waals surface area contributed by atoms with Gasteiger partial charge < -0.3 is 10.4 Å². The van der Waals surface area contributed by atoms with Crippen molar-refractivity contribution in [3.63, 3.8) is 0 Å². The average Bonchev–Trinajstić information content (AvgIpc) is 2.85. The summed E-state index contributed by atoms with van der Waals surface area (Å²) in [5.74, 6) is -0.468. The van der Waals surface area contributed by atoms with Crippen molar-refractivity contribution in [3.8, 4) is 5.69 Å². The number of hydrogen-bond acceptors (Lipinski definition) is 4. The molecule has 0 unspecified atom stereocenters. The predicted molar refractivity (Wildman–Crippen MR) is 79.3 cm³/mol. The first-order chi connectivity index (χ1) is 10.2. The molecule has 106 valence electrons. The summed E-state index contributed by atoms with van der Waals surface area (Å²) in [4.78, 5) is 15.6. The van der Waals surface area contributed by atoms with E-state index in [0.29, 0.717) is 5.69 Å². The van der Waals surface area contributed by atoms with Gasteiger partial charge in [0.2, 0.25) is 5.91 Å². The lowest BCUT2D eigenvalue weighted by atomic mass is 10.2. The lowest BCUT2D eigenvalue weighted by Gasteiger charge is -2.04. The normalized spacial score (nSPS) is 10.8. The summed E-state index contributed by atoms with van der Waals surface area (Å²) in [6.45, 7) is 1.33. The number of para-hydroxylation sites is 1. The first-order valence-electron chi connectivity index (χ1n) is 6.50. The molecule has 0 aliphatic carbocycles. The largest absolute Gasteiger partial charge is 0.387 e. The first-order valence-corrected chi connectivity index (χ1v) is 6.50. The number of rotatable bonds is 3. The zero-order chi connectivity index (χ0) is 14.8. The number of carbonyl (C=O) groups excluding carboxylic acids is 1. The van der Waals surface area contributed by atoms with E-state index < -0.39 is 12.5 Å². The van der Waals surface area contributed by atoms with Crippen molar-refractivity contribution in [2.75, 3.05) is 11.9 Å². The number of carbonyl (C=O) groups is 1. The summed E-state index contributed by atoms with van der Waals surface area (Å²) in [5.41, 5.74) is 3.01. The number of aliphatic hydroxyl groups is 1. The molecular weight excluding hydrogens is 268 g/mol. The Balaban J connectivity index is 2.08. The average molecular weight is 282 g/mol. The van der Waals surface area contributed by atoms with Crippen LogP contribution < -0.4 is 5.32 Å². The Morgan fingerprint density at radius 3 is 2.81 bits per heavy atom. The topological polar surface area (TPSA) is 80.0 Å². The molecule has 0 spiro atoms. The monoisotopic (exact) mass is 282 g/mol. The van der Waals surface area contributed by atoms with E-state index in [1.165, 1.54) is 0 Å². The third-order valence-corrected chi connectivity index (χ3v) is 3.14. The van der Waals surface area contributed by atoms with Gasteiger partial charge in [0.15, 0.2) is 5.65 Å². The van der Waals surface area contributed by atoms with Gasteiger partial charge >= 0.3 is 0 Å². The number of aliphatic hydroxyl groups excluding tert-OH is 1. The van der Waals surface area contributed by atoms with Crippen molar-refractivity contribution in [3.05, 3.63) is 48.3 Å². The van der Waals surface area contributed by atoms with Crippen molar-refractivity contribution in [1.29, 1.82) is 0 Å². The highest BCUT2D eigenvalue weighted by molar-refractivity contribution is 5.93. The Kier molecular flexibility index (Phi) is 3.37.